The number of primary amides is 1. The van der Waals surface area contributed by atoms with Crippen molar-refractivity contribution in [3.05, 3.63) is 24.4 Å². The molecule has 0 unspecified atom stereocenters. The predicted octanol–water partition coefficient (Wildman–Crippen LogP) is 0.883. The van der Waals surface area contributed by atoms with E-state index in [1.54, 1.807) is 6.20 Å². The number of hydrogen-bond acceptors (Lipinski definition) is 2. The maximum absolute atomic E-state index is 10.8. The number of nitrogens with two attached hydrogens (primary N) is 1. The van der Waals surface area contributed by atoms with E-state index >= 15 is 0 Å². The zero-order valence-electron chi connectivity index (χ0n) is 7.71. The molecule has 68 valence electrons. The summed E-state index contributed by atoms with van der Waals surface area (Å²) in [6, 6.07) is 0. The summed E-state index contributed by atoms with van der Waals surface area (Å²) < 4.78 is 0. The summed E-state index contributed by atoms with van der Waals surface area (Å²) >= 11 is 0. The maximum Gasteiger partial charge on any atom is 0.250 e. The lowest BCUT2D eigenvalue weighted by Crippen LogP contribution is -2.20. The van der Waals surface area contributed by atoms with Crippen molar-refractivity contribution in [2.24, 2.45) is 5.73 Å². The SMILES string of the molecule is C=CC(=CN(CC)CC)C(N)=O. The van der Waals surface area contributed by atoms with E-state index in [-0.39, 0.29) is 0 Å². The normalized spacial score (nSPS) is 11.0. The van der Waals surface area contributed by atoms with Gasteiger partial charge in [0, 0.05) is 19.3 Å². The molecule has 1 amide bonds. The third kappa shape index (κ3) is 3.23. The van der Waals surface area contributed by atoms with Gasteiger partial charge >= 0.3 is 0 Å². The molecule has 3 nitrogen and oxygen atoms in total. The highest BCUT2D eigenvalue weighted by atomic mass is 16.1. The van der Waals surface area contributed by atoms with Crippen LogP contribution in [0.2, 0.25) is 0 Å². The molecule has 0 heterocycles. The number of rotatable bonds is 5. The van der Waals surface area contributed by atoms with E-state index in [4.69, 9.17) is 5.73 Å². The molecule has 0 radical (unpaired) electrons. The van der Waals surface area contributed by atoms with Crippen LogP contribution >= 0.6 is 0 Å². The predicted molar refractivity (Wildman–Crippen MR) is 50.4 cm³/mol. The van der Waals surface area contributed by atoms with Crippen molar-refractivity contribution in [2.45, 2.75) is 13.8 Å². The van der Waals surface area contributed by atoms with Gasteiger partial charge in [-0.2, -0.15) is 0 Å². The fraction of sp³-hybridized carbons (Fsp3) is 0.444. The number of nitrogens with zero attached hydrogens (tertiary/aromatic N) is 1. The van der Waals surface area contributed by atoms with Gasteiger partial charge in [0.15, 0.2) is 0 Å². The molecule has 0 saturated heterocycles. The first kappa shape index (κ1) is 10.8. The molecular formula is C9H16N2O. The molecule has 0 bridgehead atoms. The lowest BCUT2D eigenvalue weighted by molar-refractivity contribution is -0.114. The van der Waals surface area contributed by atoms with Crippen molar-refractivity contribution in [2.75, 3.05) is 13.1 Å². The molecule has 3 heteroatoms. The Hall–Kier alpha value is -1.25. The number of carbonyl (C=O) groups excluding carboxylic acids is 1. The molecule has 0 saturated carbocycles. The Bertz CT molecular complexity index is 193. The van der Waals surface area contributed by atoms with Crippen LogP contribution in [0, 0.1) is 0 Å². The second kappa shape index (κ2) is 5.41. The molecule has 0 spiro atoms. The Kier molecular flexibility index (Phi) is 4.84. The minimum Gasteiger partial charge on any atom is -0.377 e. The fourth-order valence-corrected chi connectivity index (χ4v) is 0.820. The minimum absolute atomic E-state index is 0.433. The summed E-state index contributed by atoms with van der Waals surface area (Å²) in [6.07, 6.45) is 3.20. The van der Waals surface area contributed by atoms with Gasteiger partial charge in [-0.25, -0.2) is 0 Å². The van der Waals surface area contributed by atoms with E-state index in [2.05, 4.69) is 6.58 Å². The van der Waals surface area contributed by atoms with Crippen LogP contribution in [0.3, 0.4) is 0 Å². The summed E-state index contributed by atoms with van der Waals surface area (Å²) in [5.74, 6) is -0.433. The van der Waals surface area contributed by atoms with Crippen LogP contribution in [0.5, 0.6) is 0 Å². The van der Waals surface area contributed by atoms with Crippen LogP contribution in [0.4, 0.5) is 0 Å². The Morgan fingerprint density at radius 2 is 2.00 bits per heavy atom. The quantitative estimate of drug-likeness (QED) is 0.489. The zero-order valence-corrected chi connectivity index (χ0v) is 7.71. The van der Waals surface area contributed by atoms with Gasteiger partial charge in [-0.1, -0.05) is 12.7 Å². The first-order valence-electron chi connectivity index (χ1n) is 4.03. The Balaban J connectivity index is 4.45. The van der Waals surface area contributed by atoms with Gasteiger partial charge in [0.05, 0.1) is 5.57 Å². The number of carbonyl (C=O) groups is 1. The topological polar surface area (TPSA) is 46.3 Å². The molecular weight excluding hydrogens is 152 g/mol. The van der Waals surface area contributed by atoms with Crippen LogP contribution in [0.25, 0.3) is 0 Å². The van der Waals surface area contributed by atoms with Crippen LogP contribution in [0.1, 0.15) is 13.8 Å². The summed E-state index contributed by atoms with van der Waals surface area (Å²) in [4.78, 5) is 12.7. The highest BCUT2D eigenvalue weighted by molar-refractivity contribution is 5.94. The van der Waals surface area contributed by atoms with E-state index in [9.17, 15) is 4.79 Å². The monoisotopic (exact) mass is 168 g/mol. The lowest BCUT2D eigenvalue weighted by Gasteiger charge is -2.15. The number of hydrogen-bond donors (Lipinski definition) is 1. The molecule has 0 aromatic rings. The van der Waals surface area contributed by atoms with Crippen molar-refractivity contribution < 1.29 is 4.79 Å². The van der Waals surface area contributed by atoms with E-state index in [1.165, 1.54) is 6.08 Å². The third-order valence-corrected chi connectivity index (χ3v) is 1.64. The Morgan fingerprint density at radius 1 is 1.50 bits per heavy atom. The molecule has 0 aliphatic rings. The molecule has 0 aromatic carbocycles. The highest BCUT2D eigenvalue weighted by Crippen LogP contribution is 1.98. The van der Waals surface area contributed by atoms with Crippen LogP contribution in [0.15, 0.2) is 24.4 Å². The molecule has 0 aromatic heterocycles. The van der Waals surface area contributed by atoms with E-state index in [0.717, 1.165) is 13.1 Å². The summed E-state index contributed by atoms with van der Waals surface area (Å²) in [7, 11) is 0. The first-order chi connectivity index (χ1) is 5.65. The summed E-state index contributed by atoms with van der Waals surface area (Å²) in [5.41, 5.74) is 5.56. The molecule has 0 aliphatic heterocycles. The maximum atomic E-state index is 10.8. The van der Waals surface area contributed by atoms with Gasteiger partial charge in [-0.05, 0) is 13.8 Å². The second-order valence-corrected chi connectivity index (χ2v) is 2.37. The van der Waals surface area contributed by atoms with Crippen LogP contribution in [-0.4, -0.2) is 23.9 Å². The third-order valence-electron chi connectivity index (χ3n) is 1.64. The van der Waals surface area contributed by atoms with Crippen molar-refractivity contribution in [3.8, 4) is 0 Å². The summed E-state index contributed by atoms with van der Waals surface area (Å²) in [6.45, 7) is 9.26. The molecule has 12 heavy (non-hydrogen) atoms. The van der Waals surface area contributed by atoms with Gasteiger partial charge in [-0.3, -0.25) is 4.79 Å². The smallest absolute Gasteiger partial charge is 0.250 e. The minimum atomic E-state index is -0.433. The van der Waals surface area contributed by atoms with E-state index < -0.39 is 5.91 Å². The van der Waals surface area contributed by atoms with Gasteiger partial charge in [0.1, 0.15) is 0 Å². The molecule has 0 fully saturated rings. The standard InChI is InChI=1S/C9H16N2O/c1-4-8(9(10)12)7-11(5-2)6-3/h4,7H,1,5-6H2,2-3H3,(H2,10,12). The number of amides is 1. The van der Waals surface area contributed by atoms with Gasteiger partial charge in [0.25, 0.3) is 0 Å². The van der Waals surface area contributed by atoms with Crippen LogP contribution in [-0.2, 0) is 4.79 Å². The molecule has 2 N–H and O–H groups in total. The fourth-order valence-electron chi connectivity index (χ4n) is 0.820. The zero-order chi connectivity index (χ0) is 9.56. The van der Waals surface area contributed by atoms with E-state index in [1.807, 2.05) is 18.7 Å². The average Bonchev–Trinajstić information content (AvgIpc) is 2.06. The van der Waals surface area contributed by atoms with Crippen molar-refractivity contribution in [1.82, 2.24) is 4.90 Å². The lowest BCUT2D eigenvalue weighted by atomic mass is 10.2. The van der Waals surface area contributed by atoms with Gasteiger partial charge in [-0.15, -0.1) is 0 Å². The summed E-state index contributed by atoms with van der Waals surface area (Å²) in [5, 5.41) is 0. The average molecular weight is 168 g/mol. The Labute approximate surface area is 73.5 Å². The van der Waals surface area contributed by atoms with E-state index in [0.29, 0.717) is 5.57 Å². The largest absolute Gasteiger partial charge is 0.377 e. The van der Waals surface area contributed by atoms with Gasteiger partial charge in [0.2, 0.25) is 5.91 Å². The highest BCUT2D eigenvalue weighted by Gasteiger charge is 2.00. The molecule has 0 atom stereocenters. The molecule has 0 rings (SSSR count). The first-order valence-corrected chi connectivity index (χ1v) is 4.03. The second-order valence-electron chi connectivity index (χ2n) is 2.37. The van der Waals surface area contributed by atoms with Crippen molar-refractivity contribution in [3.63, 3.8) is 0 Å². The molecule has 0 aliphatic carbocycles. The van der Waals surface area contributed by atoms with Crippen LogP contribution < -0.4 is 5.73 Å². The van der Waals surface area contributed by atoms with Crippen molar-refractivity contribution >= 4 is 5.91 Å². The van der Waals surface area contributed by atoms with Crippen molar-refractivity contribution in [1.29, 1.82) is 0 Å². The Morgan fingerprint density at radius 3 is 2.25 bits per heavy atom. The van der Waals surface area contributed by atoms with Gasteiger partial charge < -0.3 is 10.6 Å².